The van der Waals surface area contributed by atoms with E-state index >= 15 is 0 Å². The maximum absolute atomic E-state index is 4.06. The van der Waals surface area contributed by atoms with Gasteiger partial charge in [0.2, 0.25) is 0 Å². The van der Waals surface area contributed by atoms with Crippen molar-refractivity contribution in [2.75, 3.05) is 18.5 Å². The van der Waals surface area contributed by atoms with Crippen molar-refractivity contribution in [3.8, 4) is 23.7 Å². The van der Waals surface area contributed by atoms with Crippen LogP contribution in [0.4, 0.5) is 0 Å². The van der Waals surface area contributed by atoms with E-state index in [1.54, 1.807) is 12.4 Å². The molecule has 0 aliphatic heterocycles. The third kappa shape index (κ3) is 15.7. The Labute approximate surface area is 290 Å². The standard InChI is InChI=1S/C44H64N2P/c1-4-7-10-13-16-19-38-47(39-20-17-14-11-8-5-2,40-21-18-15-12-9-6-3)46-36-32-44(33-37-46)29-27-42-24-22-41(23-25-42)26-28-43-30-34-45-35-31-43/h22-25,30-37,47H,4-21,38-40H2,1-3H3/q+1. The van der Waals surface area contributed by atoms with Crippen molar-refractivity contribution in [2.24, 2.45) is 0 Å². The zero-order chi connectivity index (χ0) is 33.3. The fourth-order valence-electron chi connectivity index (χ4n) is 6.65. The summed E-state index contributed by atoms with van der Waals surface area (Å²) in [4.78, 5) is 4.06. The van der Waals surface area contributed by atoms with Crippen LogP contribution in [-0.4, -0.2) is 23.5 Å². The van der Waals surface area contributed by atoms with Crippen molar-refractivity contribution >= 4 is 7.41 Å². The summed E-state index contributed by atoms with van der Waals surface area (Å²) in [5, 5.41) is 0. The summed E-state index contributed by atoms with van der Waals surface area (Å²) in [6, 6.07) is 16.7. The van der Waals surface area contributed by atoms with Crippen LogP contribution in [0.2, 0.25) is 0 Å². The quantitative estimate of drug-likeness (QED) is 0.0600. The van der Waals surface area contributed by atoms with Crippen LogP contribution in [0.1, 0.15) is 159 Å². The molecule has 0 saturated heterocycles. The Morgan fingerprint density at radius 3 is 1.13 bits per heavy atom. The molecular weight excluding hydrogens is 587 g/mol. The molecule has 0 aliphatic carbocycles. The first-order valence-corrected chi connectivity index (χ1v) is 21.8. The number of aromatic nitrogens is 2. The molecule has 0 bridgehead atoms. The molecule has 3 heteroatoms. The average molecular weight is 652 g/mol. The van der Waals surface area contributed by atoms with Crippen molar-refractivity contribution in [1.29, 1.82) is 0 Å². The summed E-state index contributed by atoms with van der Waals surface area (Å²) in [7, 11) is -1.67. The van der Waals surface area contributed by atoms with Crippen LogP contribution in [0.25, 0.3) is 0 Å². The van der Waals surface area contributed by atoms with E-state index in [0.717, 1.165) is 22.3 Å². The molecule has 0 N–H and O–H groups in total. The van der Waals surface area contributed by atoms with Crippen molar-refractivity contribution in [2.45, 2.75) is 136 Å². The van der Waals surface area contributed by atoms with Gasteiger partial charge in [-0.15, -0.1) is 0 Å². The monoisotopic (exact) mass is 651 g/mol. The van der Waals surface area contributed by atoms with Crippen LogP contribution in [-0.2, 0) is 0 Å². The Morgan fingerprint density at radius 2 is 0.745 bits per heavy atom. The minimum atomic E-state index is -1.67. The van der Waals surface area contributed by atoms with Gasteiger partial charge < -0.3 is 0 Å². The van der Waals surface area contributed by atoms with Crippen molar-refractivity contribution in [3.05, 3.63) is 95.6 Å². The number of hydrogen-bond donors (Lipinski definition) is 0. The Morgan fingerprint density at radius 1 is 0.426 bits per heavy atom. The fourth-order valence-corrected chi connectivity index (χ4v) is 11.7. The molecule has 0 atom stereocenters. The Balaban J connectivity index is 1.73. The van der Waals surface area contributed by atoms with Gasteiger partial charge in [-0.2, -0.15) is 0 Å². The molecule has 2 heterocycles. The predicted octanol–water partition coefficient (Wildman–Crippen LogP) is 11.8. The summed E-state index contributed by atoms with van der Waals surface area (Å²) in [5.41, 5.74) is 4.09. The van der Waals surface area contributed by atoms with Crippen molar-refractivity contribution < 1.29 is 4.34 Å². The zero-order valence-electron chi connectivity index (χ0n) is 30.2. The molecule has 3 aromatic rings. The molecular formula is C44H64N2P+. The van der Waals surface area contributed by atoms with Gasteiger partial charge in [-0.1, -0.05) is 0 Å². The summed E-state index contributed by atoms with van der Waals surface area (Å²) < 4.78 is 2.75. The van der Waals surface area contributed by atoms with Gasteiger partial charge in [0.15, 0.2) is 0 Å². The first-order valence-electron chi connectivity index (χ1n) is 19.2. The summed E-state index contributed by atoms with van der Waals surface area (Å²) >= 11 is 0. The molecule has 0 saturated carbocycles. The second-order valence-electron chi connectivity index (χ2n) is 13.6. The molecule has 0 unspecified atom stereocenters. The number of hydrogen-bond acceptors (Lipinski definition) is 1. The van der Waals surface area contributed by atoms with Gasteiger partial charge in [-0.3, -0.25) is 4.98 Å². The van der Waals surface area contributed by atoms with Gasteiger partial charge in [-0.25, -0.2) is 0 Å². The summed E-state index contributed by atoms with van der Waals surface area (Å²) in [5.74, 6) is 13.3. The van der Waals surface area contributed by atoms with Gasteiger partial charge >= 0.3 is 256 Å². The second kappa shape index (κ2) is 24.2. The van der Waals surface area contributed by atoms with E-state index in [-0.39, 0.29) is 0 Å². The molecule has 47 heavy (non-hydrogen) atoms. The molecule has 2 nitrogen and oxygen atoms in total. The molecule has 0 aliphatic rings. The number of nitrogens with zero attached hydrogens (tertiary/aromatic N) is 2. The van der Waals surface area contributed by atoms with Crippen LogP contribution < -0.4 is 4.34 Å². The first kappa shape index (κ1) is 38.5. The first-order chi connectivity index (χ1) is 23.2. The topological polar surface area (TPSA) is 16.8 Å². The van der Waals surface area contributed by atoms with Gasteiger partial charge in [0.1, 0.15) is 0 Å². The SMILES string of the molecule is CCCCCCCC[PH](CCCCCCCC)(CCCCCCCC)[n+]1ccc(C#Cc2ccc(C#Cc3ccncc3)cc2)cc1. The van der Waals surface area contributed by atoms with Crippen LogP contribution in [0.15, 0.2) is 73.3 Å². The van der Waals surface area contributed by atoms with Crippen LogP contribution in [0.5, 0.6) is 0 Å². The Kier molecular flexibility index (Phi) is 19.9. The summed E-state index contributed by atoms with van der Waals surface area (Å²) in [6.45, 7) is 6.96. The third-order valence-electron chi connectivity index (χ3n) is 9.63. The van der Waals surface area contributed by atoms with Crippen LogP contribution in [0, 0.1) is 23.7 Å². The molecule has 0 spiro atoms. The van der Waals surface area contributed by atoms with Gasteiger partial charge in [-0.05, 0) is 12.1 Å². The predicted molar refractivity (Wildman–Crippen MR) is 208 cm³/mol. The van der Waals surface area contributed by atoms with E-state index in [2.05, 4.69) is 103 Å². The third-order valence-corrected chi connectivity index (χ3v) is 14.9. The molecule has 254 valence electrons. The zero-order valence-corrected chi connectivity index (χ0v) is 31.2. The maximum atomic E-state index is 4.06. The Hall–Kier alpha value is -2.93. The van der Waals surface area contributed by atoms with E-state index in [1.807, 2.05) is 12.1 Å². The fraction of sp³-hybridized carbons (Fsp3) is 0.545. The van der Waals surface area contributed by atoms with Crippen LogP contribution in [0.3, 0.4) is 0 Å². The molecule has 0 fully saturated rings. The second-order valence-corrected chi connectivity index (χ2v) is 18.1. The number of benzene rings is 1. The van der Waals surface area contributed by atoms with E-state index < -0.39 is 7.41 Å². The minimum absolute atomic E-state index is 0.975. The number of pyridine rings is 2. The van der Waals surface area contributed by atoms with E-state index in [4.69, 9.17) is 0 Å². The molecule has 3 rings (SSSR count). The van der Waals surface area contributed by atoms with Gasteiger partial charge in [0.05, 0.1) is 0 Å². The van der Waals surface area contributed by atoms with E-state index in [9.17, 15) is 0 Å². The van der Waals surface area contributed by atoms with Crippen molar-refractivity contribution in [3.63, 3.8) is 0 Å². The van der Waals surface area contributed by atoms with Gasteiger partial charge in [0.25, 0.3) is 0 Å². The number of unbranched alkanes of at least 4 members (excludes halogenated alkanes) is 15. The average Bonchev–Trinajstić information content (AvgIpc) is 3.11. The van der Waals surface area contributed by atoms with Crippen LogP contribution >= 0.6 is 7.41 Å². The van der Waals surface area contributed by atoms with Gasteiger partial charge in [0, 0.05) is 18.0 Å². The van der Waals surface area contributed by atoms with Crippen molar-refractivity contribution in [1.82, 2.24) is 4.98 Å². The number of rotatable bonds is 22. The molecule has 0 amide bonds. The normalized spacial score (nSPS) is 11.4. The molecule has 2 aromatic heterocycles. The van der Waals surface area contributed by atoms with E-state index in [1.165, 1.54) is 134 Å². The molecule has 1 aromatic carbocycles. The molecule has 0 radical (unpaired) electrons. The van der Waals surface area contributed by atoms with E-state index in [0.29, 0.717) is 0 Å². The summed E-state index contributed by atoms with van der Waals surface area (Å²) in [6.07, 6.45) is 37.7. The Bertz CT molecular complexity index is 1300.